The van der Waals surface area contributed by atoms with Gasteiger partial charge in [0.05, 0.1) is 0 Å². The minimum Gasteiger partial charge on any atom is -0.351 e. The highest BCUT2D eigenvalue weighted by Gasteiger charge is 2.37. The van der Waals surface area contributed by atoms with Gasteiger partial charge in [0.15, 0.2) is 0 Å². The van der Waals surface area contributed by atoms with Crippen LogP contribution in [0.4, 0.5) is 5.69 Å². The van der Waals surface area contributed by atoms with Gasteiger partial charge >= 0.3 is 0 Å². The van der Waals surface area contributed by atoms with Crippen molar-refractivity contribution in [1.29, 1.82) is 0 Å². The first-order valence-corrected chi connectivity index (χ1v) is 8.33. The van der Waals surface area contributed by atoms with Gasteiger partial charge in [0.2, 0.25) is 11.8 Å². The third kappa shape index (κ3) is 3.62. The van der Waals surface area contributed by atoms with E-state index in [0.717, 1.165) is 15.7 Å². The largest absolute Gasteiger partial charge is 0.351 e. The number of amides is 2. The van der Waals surface area contributed by atoms with E-state index in [1.807, 2.05) is 54.6 Å². The van der Waals surface area contributed by atoms with E-state index in [4.69, 9.17) is 0 Å². The van der Waals surface area contributed by atoms with Gasteiger partial charge in [0.1, 0.15) is 5.92 Å². The van der Waals surface area contributed by atoms with Gasteiger partial charge in [-0.15, -0.1) is 0 Å². The quantitative estimate of drug-likeness (QED) is 0.838. The summed E-state index contributed by atoms with van der Waals surface area (Å²) < 4.78 is 0.963. The Morgan fingerprint density at radius 2 is 1.83 bits per heavy atom. The highest BCUT2D eigenvalue weighted by molar-refractivity contribution is 9.10. The number of halogens is 1. The van der Waals surface area contributed by atoms with Gasteiger partial charge in [-0.2, -0.15) is 0 Å². The average molecular weight is 373 g/mol. The highest BCUT2D eigenvalue weighted by Crippen LogP contribution is 2.26. The van der Waals surface area contributed by atoms with Gasteiger partial charge in [-0.25, -0.2) is 0 Å². The van der Waals surface area contributed by atoms with E-state index >= 15 is 0 Å². The number of nitrogens with one attached hydrogen (secondary N) is 1. The molecule has 0 bridgehead atoms. The van der Waals surface area contributed by atoms with Crippen LogP contribution in [-0.2, 0) is 16.1 Å². The second kappa shape index (κ2) is 6.96. The van der Waals surface area contributed by atoms with E-state index in [9.17, 15) is 9.59 Å². The molecule has 2 aromatic carbocycles. The van der Waals surface area contributed by atoms with Crippen molar-refractivity contribution in [2.24, 2.45) is 5.92 Å². The fourth-order valence-corrected chi connectivity index (χ4v) is 2.97. The molecule has 1 saturated heterocycles. The zero-order chi connectivity index (χ0) is 16.2. The lowest BCUT2D eigenvalue weighted by Gasteiger charge is -2.17. The van der Waals surface area contributed by atoms with Crippen LogP contribution in [0, 0.1) is 5.92 Å². The Morgan fingerprint density at radius 3 is 2.52 bits per heavy atom. The predicted octanol–water partition coefficient (Wildman–Crippen LogP) is 3.12. The summed E-state index contributed by atoms with van der Waals surface area (Å²) in [4.78, 5) is 26.5. The van der Waals surface area contributed by atoms with Crippen molar-refractivity contribution in [3.63, 3.8) is 0 Å². The molecular formula is C18H17BrN2O2. The Bertz CT molecular complexity index is 701. The SMILES string of the molecule is O=C(NCc1ccccc1)[C@@H]1CCN(c2ccc(Br)cc2)C1=O. The first kappa shape index (κ1) is 15.7. The third-order valence-electron chi connectivity index (χ3n) is 3.97. The van der Waals surface area contributed by atoms with Crippen LogP contribution >= 0.6 is 15.9 Å². The molecule has 5 heteroatoms. The normalized spacial score (nSPS) is 17.3. The molecule has 0 spiro atoms. The van der Waals surface area contributed by atoms with Gasteiger partial charge in [-0.3, -0.25) is 9.59 Å². The van der Waals surface area contributed by atoms with Crippen molar-refractivity contribution in [1.82, 2.24) is 5.32 Å². The van der Waals surface area contributed by atoms with E-state index in [0.29, 0.717) is 19.5 Å². The van der Waals surface area contributed by atoms with Crippen molar-refractivity contribution in [3.05, 3.63) is 64.6 Å². The molecule has 0 saturated carbocycles. The number of anilines is 1. The van der Waals surface area contributed by atoms with Crippen LogP contribution in [0.15, 0.2) is 59.1 Å². The Labute approximate surface area is 143 Å². The second-order valence-corrected chi connectivity index (χ2v) is 6.43. The van der Waals surface area contributed by atoms with Crippen LogP contribution in [0.1, 0.15) is 12.0 Å². The molecule has 23 heavy (non-hydrogen) atoms. The number of nitrogens with zero attached hydrogens (tertiary/aromatic N) is 1. The molecule has 2 aromatic rings. The molecule has 1 N–H and O–H groups in total. The molecule has 1 aliphatic rings. The monoisotopic (exact) mass is 372 g/mol. The maximum atomic E-state index is 12.5. The van der Waals surface area contributed by atoms with Crippen molar-refractivity contribution < 1.29 is 9.59 Å². The van der Waals surface area contributed by atoms with E-state index in [2.05, 4.69) is 21.2 Å². The van der Waals surface area contributed by atoms with Crippen LogP contribution in [-0.4, -0.2) is 18.4 Å². The Kier molecular flexibility index (Phi) is 4.76. The zero-order valence-corrected chi connectivity index (χ0v) is 14.1. The van der Waals surface area contributed by atoms with Gasteiger partial charge in [-0.1, -0.05) is 46.3 Å². The molecule has 0 radical (unpaired) electrons. The van der Waals surface area contributed by atoms with E-state index in [-0.39, 0.29) is 11.8 Å². The number of hydrogen-bond donors (Lipinski definition) is 1. The van der Waals surface area contributed by atoms with Crippen LogP contribution in [0.2, 0.25) is 0 Å². The molecule has 0 aliphatic carbocycles. The highest BCUT2D eigenvalue weighted by atomic mass is 79.9. The van der Waals surface area contributed by atoms with E-state index < -0.39 is 5.92 Å². The van der Waals surface area contributed by atoms with Gasteiger partial charge in [0.25, 0.3) is 0 Å². The average Bonchev–Trinajstić information content (AvgIpc) is 2.96. The Hall–Kier alpha value is -2.14. The summed E-state index contributed by atoms with van der Waals surface area (Å²) in [6.45, 7) is 1.02. The van der Waals surface area contributed by atoms with Crippen LogP contribution < -0.4 is 10.2 Å². The lowest BCUT2D eigenvalue weighted by molar-refractivity contribution is -0.132. The lowest BCUT2D eigenvalue weighted by atomic mass is 10.1. The summed E-state index contributed by atoms with van der Waals surface area (Å²) in [6, 6.07) is 17.2. The first-order chi connectivity index (χ1) is 11.1. The van der Waals surface area contributed by atoms with E-state index in [1.54, 1.807) is 4.90 Å². The van der Waals surface area contributed by atoms with Gasteiger partial charge < -0.3 is 10.2 Å². The summed E-state index contributed by atoms with van der Waals surface area (Å²) in [5, 5.41) is 2.86. The first-order valence-electron chi connectivity index (χ1n) is 7.54. The summed E-state index contributed by atoms with van der Waals surface area (Å²) in [5.41, 5.74) is 1.85. The van der Waals surface area contributed by atoms with Crippen LogP contribution in [0.3, 0.4) is 0 Å². The summed E-state index contributed by atoms with van der Waals surface area (Å²) in [5.74, 6) is -0.918. The minimum atomic E-state index is -0.595. The van der Waals surface area contributed by atoms with Crippen LogP contribution in [0.25, 0.3) is 0 Å². The lowest BCUT2D eigenvalue weighted by Crippen LogP contribution is -2.36. The van der Waals surface area contributed by atoms with Crippen molar-refractivity contribution in [2.75, 3.05) is 11.4 Å². The van der Waals surface area contributed by atoms with Gasteiger partial charge in [0, 0.05) is 23.2 Å². The number of benzene rings is 2. The standard InChI is InChI=1S/C18H17BrN2O2/c19-14-6-8-15(9-7-14)21-11-10-16(18(21)23)17(22)20-12-13-4-2-1-3-5-13/h1-9,16H,10-12H2,(H,20,22)/t16-/m0/s1. The maximum Gasteiger partial charge on any atom is 0.239 e. The van der Waals surface area contributed by atoms with Crippen molar-refractivity contribution >= 4 is 33.4 Å². The van der Waals surface area contributed by atoms with Gasteiger partial charge in [-0.05, 0) is 36.2 Å². The van der Waals surface area contributed by atoms with Crippen LogP contribution in [0.5, 0.6) is 0 Å². The van der Waals surface area contributed by atoms with Crippen molar-refractivity contribution in [2.45, 2.75) is 13.0 Å². The molecule has 4 nitrogen and oxygen atoms in total. The molecule has 0 unspecified atom stereocenters. The van der Waals surface area contributed by atoms with Crippen molar-refractivity contribution in [3.8, 4) is 0 Å². The predicted molar refractivity (Wildman–Crippen MR) is 92.9 cm³/mol. The van der Waals surface area contributed by atoms with E-state index in [1.165, 1.54) is 0 Å². The molecule has 0 aromatic heterocycles. The molecule has 1 fully saturated rings. The topological polar surface area (TPSA) is 49.4 Å². The molecule has 1 atom stereocenters. The third-order valence-corrected chi connectivity index (χ3v) is 4.50. The molecule has 2 amide bonds. The number of rotatable bonds is 4. The second-order valence-electron chi connectivity index (χ2n) is 5.51. The molecule has 1 aliphatic heterocycles. The Balaban J connectivity index is 1.62. The fraction of sp³-hybridized carbons (Fsp3) is 0.222. The fourth-order valence-electron chi connectivity index (χ4n) is 2.71. The number of carbonyl (C=O) groups is 2. The zero-order valence-electron chi connectivity index (χ0n) is 12.5. The summed E-state index contributed by atoms with van der Waals surface area (Å²) >= 11 is 3.38. The smallest absolute Gasteiger partial charge is 0.239 e. The number of hydrogen-bond acceptors (Lipinski definition) is 2. The number of carbonyl (C=O) groups excluding carboxylic acids is 2. The molecular weight excluding hydrogens is 356 g/mol. The summed E-state index contributed by atoms with van der Waals surface area (Å²) in [7, 11) is 0. The summed E-state index contributed by atoms with van der Waals surface area (Å²) in [6.07, 6.45) is 0.551. The molecule has 118 valence electrons. The minimum absolute atomic E-state index is 0.127. The molecule has 3 rings (SSSR count). The maximum absolute atomic E-state index is 12.5. The molecule has 1 heterocycles. The Morgan fingerprint density at radius 1 is 1.13 bits per heavy atom.